The van der Waals surface area contributed by atoms with E-state index in [1.807, 2.05) is 0 Å². The van der Waals surface area contributed by atoms with Gasteiger partial charge in [0, 0.05) is 36.3 Å². The molecule has 1 unspecified atom stereocenters. The van der Waals surface area contributed by atoms with Gasteiger partial charge in [-0.25, -0.2) is 13.6 Å². The number of carbonyl (C=O) groups is 1. The van der Waals surface area contributed by atoms with Gasteiger partial charge >= 0.3 is 5.97 Å². The standard InChI is InChI=1S/C28H21ClF2N2O4/c1-33-15-16(2-11-26(33)34)12-25(32-37)27(21-10-8-20(29)14-24(21)31)18-5-3-17(4-6-18)19-7-9-22(28(35)36)23(30)13-19/h2-11,13-15,27,37H,12H2,1H3,(H,35,36). The summed E-state index contributed by atoms with van der Waals surface area (Å²) >= 11 is 5.96. The lowest BCUT2D eigenvalue weighted by atomic mass is 9.84. The number of hydrogen-bond donors (Lipinski definition) is 2. The summed E-state index contributed by atoms with van der Waals surface area (Å²) in [5, 5.41) is 22.7. The SMILES string of the molecule is Cn1cc(CC(=NO)C(c2ccc(-c3ccc(C(=O)O)c(F)c3)cc2)c2ccc(Cl)cc2F)ccc1=O. The molecule has 0 radical (unpaired) electrons. The van der Waals surface area contributed by atoms with Crippen LogP contribution in [0.1, 0.15) is 33.0 Å². The summed E-state index contributed by atoms with van der Waals surface area (Å²) in [6, 6.07) is 17.8. The van der Waals surface area contributed by atoms with Crippen LogP contribution in [-0.4, -0.2) is 26.6 Å². The van der Waals surface area contributed by atoms with Gasteiger partial charge in [-0.3, -0.25) is 4.79 Å². The lowest BCUT2D eigenvalue weighted by Crippen LogP contribution is -2.20. The van der Waals surface area contributed by atoms with Gasteiger partial charge in [-0.15, -0.1) is 0 Å². The van der Waals surface area contributed by atoms with Crippen molar-refractivity contribution in [3.05, 3.63) is 128 Å². The van der Waals surface area contributed by atoms with Crippen molar-refractivity contribution in [3.8, 4) is 11.1 Å². The molecule has 0 aliphatic carbocycles. The number of rotatable bonds is 7. The quantitative estimate of drug-likeness (QED) is 0.180. The molecule has 0 fully saturated rings. The first-order valence-corrected chi connectivity index (χ1v) is 11.5. The Kier molecular flexibility index (Phi) is 7.50. The molecule has 37 heavy (non-hydrogen) atoms. The zero-order valence-electron chi connectivity index (χ0n) is 19.5. The second-order valence-electron chi connectivity index (χ2n) is 8.48. The molecule has 6 nitrogen and oxygen atoms in total. The van der Waals surface area contributed by atoms with Crippen LogP contribution in [0.2, 0.25) is 5.02 Å². The smallest absolute Gasteiger partial charge is 0.338 e. The van der Waals surface area contributed by atoms with Gasteiger partial charge < -0.3 is 14.9 Å². The zero-order valence-corrected chi connectivity index (χ0v) is 20.3. The van der Waals surface area contributed by atoms with E-state index in [9.17, 15) is 19.2 Å². The molecule has 0 saturated carbocycles. The maximum absolute atomic E-state index is 15.1. The van der Waals surface area contributed by atoms with E-state index in [1.54, 1.807) is 43.6 Å². The number of carboxylic acid groups (broad SMARTS) is 1. The Bertz CT molecular complexity index is 1570. The highest BCUT2D eigenvalue weighted by Crippen LogP contribution is 2.33. The molecule has 1 heterocycles. The topological polar surface area (TPSA) is 91.9 Å². The number of nitrogens with zero attached hydrogens (tertiary/aromatic N) is 2. The average molecular weight is 523 g/mol. The van der Waals surface area contributed by atoms with Gasteiger partial charge in [-0.1, -0.05) is 59.2 Å². The minimum absolute atomic E-state index is 0.126. The monoisotopic (exact) mass is 522 g/mol. The molecule has 2 N–H and O–H groups in total. The summed E-state index contributed by atoms with van der Waals surface area (Å²) in [6.07, 6.45) is 1.74. The highest BCUT2D eigenvalue weighted by atomic mass is 35.5. The van der Waals surface area contributed by atoms with Crippen LogP contribution in [-0.2, 0) is 13.5 Å². The van der Waals surface area contributed by atoms with E-state index in [4.69, 9.17) is 16.7 Å². The van der Waals surface area contributed by atoms with E-state index in [-0.39, 0.29) is 28.3 Å². The predicted octanol–water partition coefficient (Wildman–Crippen LogP) is 5.89. The van der Waals surface area contributed by atoms with Crippen molar-refractivity contribution in [2.24, 2.45) is 12.2 Å². The number of carboxylic acids is 1. The Morgan fingerprint density at radius 3 is 2.27 bits per heavy atom. The molecule has 0 saturated heterocycles. The van der Waals surface area contributed by atoms with Gasteiger partial charge in [-0.05, 0) is 46.5 Å². The first-order valence-electron chi connectivity index (χ1n) is 11.1. The third kappa shape index (κ3) is 5.59. The Labute approximate surface area is 215 Å². The van der Waals surface area contributed by atoms with Crippen molar-refractivity contribution >= 4 is 23.3 Å². The first-order chi connectivity index (χ1) is 17.7. The van der Waals surface area contributed by atoms with Crippen molar-refractivity contribution in [1.29, 1.82) is 0 Å². The second kappa shape index (κ2) is 10.8. The summed E-state index contributed by atoms with van der Waals surface area (Å²) in [4.78, 5) is 22.9. The molecule has 1 atom stereocenters. The van der Waals surface area contributed by atoms with Crippen molar-refractivity contribution in [2.75, 3.05) is 0 Å². The number of halogens is 3. The fourth-order valence-electron chi connectivity index (χ4n) is 4.18. The van der Waals surface area contributed by atoms with Crippen LogP contribution in [0.3, 0.4) is 0 Å². The van der Waals surface area contributed by atoms with E-state index >= 15 is 4.39 Å². The third-order valence-electron chi connectivity index (χ3n) is 6.04. The highest BCUT2D eigenvalue weighted by Gasteiger charge is 2.25. The molecule has 0 aliphatic rings. The van der Waals surface area contributed by atoms with Gasteiger partial charge in [0.25, 0.3) is 0 Å². The van der Waals surface area contributed by atoms with Gasteiger partial charge in [0.2, 0.25) is 5.56 Å². The summed E-state index contributed by atoms with van der Waals surface area (Å²) in [6.45, 7) is 0. The molecule has 188 valence electrons. The molecule has 3 aromatic carbocycles. The van der Waals surface area contributed by atoms with Crippen LogP contribution in [0.25, 0.3) is 11.1 Å². The molecule has 0 amide bonds. The first kappa shape index (κ1) is 25.8. The van der Waals surface area contributed by atoms with Crippen LogP contribution in [0.15, 0.2) is 88.9 Å². The third-order valence-corrected chi connectivity index (χ3v) is 6.28. The maximum Gasteiger partial charge on any atom is 0.338 e. The number of aryl methyl sites for hydroxylation is 1. The molecule has 0 aliphatic heterocycles. The number of pyridine rings is 1. The average Bonchev–Trinajstić information content (AvgIpc) is 2.87. The van der Waals surface area contributed by atoms with E-state index in [2.05, 4.69) is 5.16 Å². The van der Waals surface area contributed by atoms with E-state index in [0.717, 1.165) is 6.07 Å². The van der Waals surface area contributed by atoms with Crippen LogP contribution in [0, 0.1) is 11.6 Å². The Morgan fingerprint density at radius 1 is 0.973 bits per heavy atom. The minimum atomic E-state index is -1.36. The number of aromatic carboxylic acids is 1. The molecular weight excluding hydrogens is 502 g/mol. The number of oxime groups is 1. The minimum Gasteiger partial charge on any atom is -0.478 e. The van der Waals surface area contributed by atoms with E-state index in [0.29, 0.717) is 22.3 Å². The van der Waals surface area contributed by atoms with Crippen molar-refractivity contribution < 1.29 is 23.9 Å². The Balaban J connectivity index is 1.76. The van der Waals surface area contributed by atoms with Gasteiger partial charge in [0.05, 0.1) is 17.2 Å². The number of benzene rings is 3. The number of hydrogen-bond acceptors (Lipinski definition) is 4. The summed E-state index contributed by atoms with van der Waals surface area (Å²) in [7, 11) is 1.60. The highest BCUT2D eigenvalue weighted by molar-refractivity contribution is 6.30. The normalized spacial score (nSPS) is 12.4. The predicted molar refractivity (Wildman–Crippen MR) is 137 cm³/mol. The summed E-state index contributed by atoms with van der Waals surface area (Å²) in [5.74, 6) is -3.61. The van der Waals surface area contributed by atoms with Crippen LogP contribution < -0.4 is 5.56 Å². The summed E-state index contributed by atoms with van der Waals surface area (Å²) < 4.78 is 30.7. The van der Waals surface area contributed by atoms with E-state index in [1.165, 1.54) is 41.0 Å². The molecule has 9 heteroatoms. The Morgan fingerprint density at radius 2 is 1.68 bits per heavy atom. The van der Waals surface area contributed by atoms with E-state index < -0.39 is 29.1 Å². The second-order valence-corrected chi connectivity index (χ2v) is 8.91. The molecule has 4 aromatic rings. The lowest BCUT2D eigenvalue weighted by Gasteiger charge is -2.21. The van der Waals surface area contributed by atoms with Gasteiger partial charge in [-0.2, -0.15) is 0 Å². The van der Waals surface area contributed by atoms with Crippen LogP contribution in [0.5, 0.6) is 0 Å². The van der Waals surface area contributed by atoms with Gasteiger partial charge in [0.15, 0.2) is 0 Å². The largest absolute Gasteiger partial charge is 0.478 e. The fraction of sp³-hybridized carbons (Fsp3) is 0.107. The molecule has 0 bridgehead atoms. The van der Waals surface area contributed by atoms with Crippen LogP contribution in [0.4, 0.5) is 8.78 Å². The van der Waals surface area contributed by atoms with Crippen molar-refractivity contribution in [3.63, 3.8) is 0 Å². The molecular formula is C28H21ClF2N2O4. The van der Waals surface area contributed by atoms with Crippen molar-refractivity contribution in [1.82, 2.24) is 4.57 Å². The maximum atomic E-state index is 15.1. The number of aromatic nitrogens is 1. The van der Waals surface area contributed by atoms with Gasteiger partial charge in [0.1, 0.15) is 11.6 Å². The zero-order chi connectivity index (χ0) is 26.7. The summed E-state index contributed by atoms with van der Waals surface area (Å²) in [5.41, 5.74) is 2.16. The lowest BCUT2D eigenvalue weighted by molar-refractivity contribution is 0.0692. The van der Waals surface area contributed by atoms with Crippen LogP contribution >= 0.6 is 11.6 Å². The molecule has 0 spiro atoms. The molecule has 1 aromatic heterocycles. The fourth-order valence-corrected chi connectivity index (χ4v) is 4.34. The Hall–Kier alpha value is -4.30. The molecule has 4 rings (SSSR count). The van der Waals surface area contributed by atoms with Crippen molar-refractivity contribution in [2.45, 2.75) is 12.3 Å².